The number of fused-ring (bicyclic) bond motifs is 3. The lowest BCUT2D eigenvalue weighted by molar-refractivity contribution is 0.0560. The van der Waals surface area contributed by atoms with Gasteiger partial charge in [-0.15, -0.1) is 0 Å². The van der Waals surface area contributed by atoms with Gasteiger partial charge in [-0.2, -0.15) is 10.2 Å². The molecule has 8 nitrogen and oxygen atoms in total. The summed E-state index contributed by atoms with van der Waals surface area (Å²) in [5, 5.41) is 16.3. The second kappa shape index (κ2) is 7.43. The molecule has 0 aliphatic carbocycles. The molecule has 2 atom stereocenters. The fraction of sp³-hybridized carbons (Fsp3) is 0.360. The average molecular weight is 443 g/mol. The fourth-order valence-corrected chi connectivity index (χ4v) is 5.47. The number of piperidine rings is 1. The van der Waals surface area contributed by atoms with Crippen LogP contribution in [0.1, 0.15) is 44.9 Å². The Labute approximate surface area is 190 Å². The highest BCUT2D eigenvalue weighted by Crippen LogP contribution is 2.33. The second-order valence-electron chi connectivity index (χ2n) is 9.42. The lowest BCUT2D eigenvalue weighted by atomic mass is 9.91. The van der Waals surface area contributed by atoms with Crippen molar-refractivity contribution >= 4 is 33.6 Å². The predicted octanol–water partition coefficient (Wildman–Crippen LogP) is 3.43. The molecule has 4 aromatic rings. The Morgan fingerprint density at radius 3 is 2.12 bits per heavy atom. The highest BCUT2D eigenvalue weighted by atomic mass is 16.2. The van der Waals surface area contributed by atoms with E-state index in [1.165, 1.54) is 0 Å². The number of H-pyrrole nitrogens is 2. The number of benzene rings is 2. The number of hydrogen-bond donors (Lipinski definition) is 2. The van der Waals surface area contributed by atoms with E-state index >= 15 is 0 Å². The van der Waals surface area contributed by atoms with E-state index in [1.54, 1.807) is 0 Å². The van der Waals surface area contributed by atoms with Crippen molar-refractivity contribution in [2.24, 2.45) is 5.92 Å². The Hall–Kier alpha value is -3.68. The van der Waals surface area contributed by atoms with Crippen LogP contribution in [0.5, 0.6) is 0 Å². The number of carbonyl (C=O) groups is 2. The molecule has 8 heteroatoms. The molecule has 0 unspecified atom stereocenters. The topological polar surface area (TPSA) is 98.0 Å². The van der Waals surface area contributed by atoms with E-state index < -0.39 is 0 Å². The monoisotopic (exact) mass is 442 g/mol. The van der Waals surface area contributed by atoms with Crippen molar-refractivity contribution in [1.82, 2.24) is 30.2 Å². The number of aromatic amines is 2. The lowest BCUT2D eigenvalue weighted by Gasteiger charge is -2.36. The van der Waals surface area contributed by atoms with E-state index in [4.69, 9.17) is 0 Å². The van der Waals surface area contributed by atoms with E-state index in [2.05, 4.69) is 20.4 Å². The summed E-state index contributed by atoms with van der Waals surface area (Å²) in [6.45, 7) is 5.88. The van der Waals surface area contributed by atoms with Gasteiger partial charge in [0.1, 0.15) is 0 Å². The summed E-state index contributed by atoms with van der Waals surface area (Å²) >= 11 is 0. The van der Waals surface area contributed by atoms with Crippen molar-refractivity contribution in [3.63, 3.8) is 0 Å². The number of amides is 2. The largest absolute Gasteiger partial charge is 0.335 e. The molecule has 0 radical (unpaired) electrons. The molecule has 4 heterocycles. The molecule has 33 heavy (non-hydrogen) atoms. The van der Waals surface area contributed by atoms with Crippen LogP contribution < -0.4 is 0 Å². The maximum absolute atomic E-state index is 13.6. The summed E-state index contributed by atoms with van der Waals surface area (Å²) in [5.74, 6) is 0.136. The fourth-order valence-electron chi connectivity index (χ4n) is 5.47. The summed E-state index contributed by atoms with van der Waals surface area (Å²) < 4.78 is 0. The van der Waals surface area contributed by atoms with Gasteiger partial charge in [0.15, 0.2) is 11.4 Å². The minimum Gasteiger partial charge on any atom is -0.335 e. The molecule has 168 valence electrons. The molecule has 0 spiro atoms. The molecule has 2 N–H and O–H groups in total. The van der Waals surface area contributed by atoms with Gasteiger partial charge in [0.2, 0.25) is 0 Å². The van der Waals surface area contributed by atoms with Gasteiger partial charge >= 0.3 is 0 Å². The molecule has 2 aromatic carbocycles. The van der Waals surface area contributed by atoms with Crippen LogP contribution in [0.3, 0.4) is 0 Å². The standard InChI is InChI=1S/C25H26N6O2/c1-14-5-7-19-17(10-14)22(28-26-19)24(32)30-12-16-4-3-9-31(21(16)13-30)25(33)23-18-11-15(2)6-8-20(18)27-29-23/h5-8,10-11,16,21H,3-4,9,12-13H2,1-2H3,(H,26,28)(H,27,29)/t16-,21+/m0/s1. The summed E-state index contributed by atoms with van der Waals surface area (Å²) in [6, 6.07) is 11.9. The average Bonchev–Trinajstić information content (AvgIpc) is 3.53. The van der Waals surface area contributed by atoms with Crippen LogP contribution in [-0.4, -0.2) is 67.7 Å². The van der Waals surface area contributed by atoms with Crippen molar-refractivity contribution in [2.45, 2.75) is 32.7 Å². The molecule has 2 aliphatic heterocycles. The number of aromatic nitrogens is 4. The second-order valence-corrected chi connectivity index (χ2v) is 9.42. The Morgan fingerprint density at radius 1 is 0.879 bits per heavy atom. The number of rotatable bonds is 2. The number of nitrogens with one attached hydrogen (secondary N) is 2. The first-order valence-electron chi connectivity index (χ1n) is 11.5. The maximum atomic E-state index is 13.6. The van der Waals surface area contributed by atoms with E-state index in [-0.39, 0.29) is 23.8 Å². The molecular weight excluding hydrogens is 416 g/mol. The first-order chi connectivity index (χ1) is 16.0. The molecule has 2 aromatic heterocycles. The third kappa shape index (κ3) is 3.20. The van der Waals surface area contributed by atoms with Crippen LogP contribution in [0, 0.1) is 19.8 Å². The highest BCUT2D eigenvalue weighted by molar-refractivity contribution is 6.06. The third-order valence-electron chi connectivity index (χ3n) is 7.17. The van der Waals surface area contributed by atoms with Crippen LogP contribution in [0.15, 0.2) is 36.4 Å². The molecule has 2 fully saturated rings. The van der Waals surface area contributed by atoms with Crippen LogP contribution in [0.4, 0.5) is 0 Å². The first-order valence-corrected chi connectivity index (χ1v) is 11.5. The highest BCUT2D eigenvalue weighted by Gasteiger charge is 2.44. The molecule has 6 rings (SSSR count). The van der Waals surface area contributed by atoms with E-state index in [9.17, 15) is 9.59 Å². The summed E-state index contributed by atoms with van der Waals surface area (Å²) in [6.07, 6.45) is 1.94. The molecule has 2 saturated heterocycles. The normalized spacial score (nSPS) is 20.5. The third-order valence-corrected chi connectivity index (χ3v) is 7.17. The van der Waals surface area contributed by atoms with Crippen LogP contribution in [0.25, 0.3) is 21.8 Å². The number of carbonyl (C=O) groups excluding carboxylic acids is 2. The molecule has 2 aliphatic rings. The van der Waals surface area contributed by atoms with Gasteiger partial charge in [-0.05, 0) is 56.9 Å². The molecule has 0 bridgehead atoms. The quantitative estimate of drug-likeness (QED) is 0.497. The predicted molar refractivity (Wildman–Crippen MR) is 125 cm³/mol. The Balaban J connectivity index is 1.28. The molecule has 2 amide bonds. The smallest absolute Gasteiger partial charge is 0.275 e. The van der Waals surface area contributed by atoms with Crippen molar-refractivity contribution < 1.29 is 9.59 Å². The number of nitrogens with zero attached hydrogens (tertiary/aromatic N) is 4. The summed E-state index contributed by atoms with van der Waals surface area (Å²) in [4.78, 5) is 30.8. The summed E-state index contributed by atoms with van der Waals surface area (Å²) in [5.41, 5.74) is 4.83. The zero-order chi connectivity index (χ0) is 22.7. The van der Waals surface area contributed by atoms with Gasteiger partial charge in [0.05, 0.1) is 17.1 Å². The van der Waals surface area contributed by atoms with Crippen LogP contribution in [0.2, 0.25) is 0 Å². The lowest BCUT2D eigenvalue weighted by Crippen LogP contribution is -2.48. The molecule has 0 saturated carbocycles. The van der Waals surface area contributed by atoms with Gasteiger partial charge in [-0.25, -0.2) is 0 Å². The van der Waals surface area contributed by atoms with E-state index in [0.717, 1.165) is 45.8 Å². The minimum atomic E-state index is -0.0745. The number of likely N-dealkylation sites (tertiary alicyclic amines) is 2. The van der Waals surface area contributed by atoms with Crippen molar-refractivity contribution in [1.29, 1.82) is 0 Å². The van der Waals surface area contributed by atoms with Gasteiger partial charge in [-0.3, -0.25) is 19.8 Å². The van der Waals surface area contributed by atoms with Crippen molar-refractivity contribution in [3.05, 3.63) is 58.9 Å². The van der Waals surface area contributed by atoms with Crippen LogP contribution in [-0.2, 0) is 0 Å². The zero-order valence-electron chi connectivity index (χ0n) is 18.8. The van der Waals surface area contributed by atoms with Gasteiger partial charge in [-0.1, -0.05) is 23.3 Å². The number of aryl methyl sites for hydroxylation is 2. The maximum Gasteiger partial charge on any atom is 0.275 e. The minimum absolute atomic E-state index is 0.00120. The zero-order valence-corrected chi connectivity index (χ0v) is 18.8. The number of hydrogen-bond acceptors (Lipinski definition) is 4. The van der Waals surface area contributed by atoms with Crippen molar-refractivity contribution in [3.8, 4) is 0 Å². The van der Waals surface area contributed by atoms with Crippen molar-refractivity contribution in [2.75, 3.05) is 19.6 Å². The molecular formula is C25H26N6O2. The Kier molecular flexibility index (Phi) is 4.50. The van der Waals surface area contributed by atoms with E-state index in [1.807, 2.05) is 60.0 Å². The van der Waals surface area contributed by atoms with Gasteiger partial charge in [0.25, 0.3) is 11.8 Å². The Morgan fingerprint density at radius 2 is 1.48 bits per heavy atom. The first kappa shape index (κ1) is 20.0. The summed E-state index contributed by atoms with van der Waals surface area (Å²) in [7, 11) is 0. The van der Waals surface area contributed by atoms with Crippen LogP contribution >= 0.6 is 0 Å². The van der Waals surface area contributed by atoms with E-state index in [0.29, 0.717) is 31.0 Å². The Bertz CT molecular complexity index is 1400. The van der Waals surface area contributed by atoms with Gasteiger partial charge < -0.3 is 9.80 Å². The van der Waals surface area contributed by atoms with Gasteiger partial charge in [0, 0.05) is 30.4 Å². The SMILES string of the molecule is Cc1ccc2[nH]nc(C(=O)N3C[C@@H]4CCCN(C(=O)c5n[nH]c6ccc(C)cc56)[C@@H]4C3)c2c1.